The van der Waals surface area contributed by atoms with Crippen LogP contribution in [0.2, 0.25) is 0 Å². The van der Waals surface area contributed by atoms with Crippen molar-refractivity contribution < 1.29 is 22.7 Å². The highest BCUT2D eigenvalue weighted by Crippen LogP contribution is 2.51. The van der Waals surface area contributed by atoms with Gasteiger partial charge in [-0.25, -0.2) is 9.97 Å². The van der Waals surface area contributed by atoms with E-state index in [4.69, 9.17) is 10.5 Å². The minimum Gasteiger partial charge on any atom is -0.457 e. The molecule has 0 spiro atoms. The van der Waals surface area contributed by atoms with Crippen LogP contribution >= 0.6 is 0 Å². The summed E-state index contributed by atoms with van der Waals surface area (Å²) in [5.41, 5.74) is 5.94. The number of para-hydroxylation sites is 1. The molecule has 0 bridgehead atoms. The predicted molar refractivity (Wildman–Crippen MR) is 96.0 cm³/mol. The maximum atomic E-state index is 13.2. The summed E-state index contributed by atoms with van der Waals surface area (Å²) in [5, 5.41) is 0.698. The van der Waals surface area contributed by atoms with Gasteiger partial charge in [0.1, 0.15) is 5.82 Å². The molecule has 1 saturated carbocycles. The monoisotopic (exact) mass is 387 g/mol. The van der Waals surface area contributed by atoms with E-state index in [0.717, 1.165) is 6.07 Å². The fraction of sp³-hybridized carbons (Fsp3) is 0.250. The van der Waals surface area contributed by atoms with E-state index in [0.29, 0.717) is 17.3 Å². The molecule has 2 aromatic carbocycles. The number of benzene rings is 2. The molecule has 1 aliphatic rings. The summed E-state index contributed by atoms with van der Waals surface area (Å²) >= 11 is 0. The van der Waals surface area contributed by atoms with Crippen molar-refractivity contribution in [1.29, 1.82) is 0 Å². The SMILES string of the molecule is Nc1nc(COC(=O)[C@H]2C[C@H]2c2ccccc2C(F)(F)F)nc2ccccc12. The van der Waals surface area contributed by atoms with Crippen molar-refractivity contribution in [2.45, 2.75) is 25.1 Å². The average molecular weight is 387 g/mol. The number of ether oxygens (including phenoxy) is 1. The second kappa shape index (κ2) is 6.78. The summed E-state index contributed by atoms with van der Waals surface area (Å²) < 4.78 is 44.7. The van der Waals surface area contributed by atoms with Gasteiger partial charge in [0.25, 0.3) is 0 Å². The van der Waals surface area contributed by atoms with Crippen LogP contribution in [0.5, 0.6) is 0 Å². The summed E-state index contributed by atoms with van der Waals surface area (Å²) in [5.74, 6) is -1.12. The van der Waals surface area contributed by atoms with Gasteiger partial charge in [-0.15, -0.1) is 0 Å². The Hall–Kier alpha value is -3.16. The van der Waals surface area contributed by atoms with Crippen LogP contribution in [0, 0.1) is 5.92 Å². The molecule has 1 aromatic heterocycles. The number of carbonyl (C=O) groups is 1. The fourth-order valence-electron chi connectivity index (χ4n) is 3.34. The Labute approximate surface area is 158 Å². The van der Waals surface area contributed by atoms with E-state index in [1.807, 2.05) is 6.07 Å². The molecule has 0 amide bonds. The zero-order chi connectivity index (χ0) is 19.9. The molecular formula is C20H16F3N3O2. The van der Waals surface area contributed by atoms with E-state index in [-0.39, 0.29) is 23.8 Å². The lowest BCUT2D eigenvalue weighted by Crippen LogP contribution is -2.12. The highest BCUT2D eigenvalue weighted by molar-refractivity contribution is 5.87. The van der Waals surface area contributed by atoms with Gasteiger partial charge in [0.2, 0.25) is 0 Å². The number of carbonyl (C=O) groups excluding carboxylic acids is 1. The van der Waals surface area contributed by atoms with E-state index >= 15 is 0 Å². The molecule has 1 fully saturated rings. The molecule has 1 aliphatic carbocycles. The third-order valence-corrected chi connectivity index (χ3v) is 4.78. The molecule has 0 saturated heterocycles. The first-order chi connectivity index (χ1) is 13.3. The van der Waals surface area contributed by atoms with Crippen LogP contribution in [0.15, 0.2) is 48.5 Å². The number of nitrogens with two attached hydrogens (primary N) is 1. The lowest BCUT2D eigenvalue weighted by molar-refractivity contribution is -0.147. The number of nitrogens with zero attached hydrogens (tertiary/aromatic N) is 2. The minimum absolute atomic E-state index is 0.128. The molecule has 4 rings (SSSR count). The van der Waals surface area contributed by atoms with Crippen LogP contribution in [0.4, 0.5) is 19.0 Å². The number of fused-ring (bicyclic) bond motifs is 1. The first-order valence-corrected chi connectivity index (χ1v) is 8.68. The van der Waals surface area contributed by atoms with Crippen LogP contribution in [0.1, 0.15) is 29.3 Å². The van der Waals surface area contributed by atoms with Crippen LogP contribution in [-0.2, 0) is 22.3 Å². The summed E-state index contributed by atoms with van der Waals surface area (Å²) in [4.78, 5) is 20.7. The predicted octanol–water partition coefficient (Wildman–Crippen LogP) is 4.08. The van der Waals surface area contributed by atoms with E-state index in [1.54, 1.807) is 18.2 Å². The minimum atomic E-state index is -4.45. The molecule has 1 heterocycles. The zero-order valence-corrected chi connectivity index (χ0v) is 14.6. The Morgan fingerprint density at radius 1 is 1.11 bits per heavy atom. The lowest BCUT2D eigenvalue weighted by atomic mass is 10.0. The van der Waals surface area contributed by atoms with Crippen molar-refractivity contribution in [3.8, 4) is 0 Å². The molecule has 8 heteroatoms. The van der Waals surface area contributed by atoms with Gasteiger partial charge >= 0.3 is 12.1 Å². The number of halogens is 3. The van der Waals surface area contributed by atoms with E-state index in [9.17, 15) is 18.0 Å². The lowest BCUT2D eigenvalue weighted by Gasteiger charge is -2.12. The Balaban J connectivity index is 1.44. The van der Waals surface area contributed by atoms with Gasteiger partial charge in [0, 0.05) is 5.39 Å². The number of rotatable bonds is 4. The Bertz CT molecular complexity index is 1050. The number of nitrogen functional groups attached to an aromatic ring is 1. The molecule has 2 N–H and O–H groups in total. The van der Waals surface area contributed by atoms with Crippen molar-refractivity contribution in [3.05, 3.63) is 65.5 Å². The van der Waals surface area contributed by atoms with E-state index in [1.165, 1.54) is 18.2 Å². The quantitative estimate of drug-likeness (QED) is 0.683. The number of aromatic nitrogens is 2. The second-order valence-electron chi connectivity index (χ2n) is 6.68. The zero-order valence-electron chi connectivity index (χ0n) is 14.6. The van der Waals surface area contributed by atoms with Gasteiger partial charge in [0.05, 0.1) is 17.0 Å². The standard InChI is InChI=1S/C20H16F3N3O2/c21-20(22,23)15-7-3-1-5-11(15)13-9-14(13)19(27)28-10-17-25-16-8-4-2-6-12(16)18(24)26-17/h1-8,13-14H,9-10H2,(H2,24,25,26)/t13-,14-/m0/s1. The van der Waals surface area contributed by atoms with Gasteiger partial charge in [-0.2, -0.15) is 13.2 Å². The molecule has 144 valence electrons. The number of hydrogen-bond acceptors (Lipinski definition) is 5. The highest BCUT2D eigenvalue weighted by atomic mass is 19.4. The van der Waals surface area contributed by atoms with Gasteiger partial charge in [-0.05, 0) is 36.1 Å². The van der Waals surface area contributed by atoms with Crippen LogP contribution < -0.4 is 5.73 Å². The highest BCUT2D eigenvalue weighted by Gasteiger charge is 2.48. The maximum Gasteiger partial charge on any atom is 0.416 e. The number of anilines is 1. The third-order valence-electron chi connectivity index (χ3n) is 4.78. The fourth-order valence-corrected chi connectivity index (χ4v) is 3.34. The van der Waals surface area contributed by atoms with Crippen molar-refractivity contribution >= 4 is 22.7 Å². The largest absolute Gasteiger partial charge is 0.457 e. The topological polar surface area (TPSA) is 78.1 Å². The van der Waals surface area contributed by atoms with Crippen LogP contribution in [0.25, 0.3) is 10.9 Å². The molecule has 0 aliphatic heterocycles. The van der Waals surface area contributed by atoms with Crippen molar-refractivity contribution in [2.75, 3.05) is 5.73 Å². The molecule has 0 radical (unpaired) electrons. The van der Waals surface area contributed by atoms with Gasteiger partial charge in [-0.3, -0.25) is 4.79 Å². The number of hydrogen-bond donors (Lipinski definition) is 1. The van der Waals surface area contributed by atoms with Crippen LogP contribution in [0.3, 0.4) is 0 Å². The van der Waals surface area contributed by atoms with Crippen molar-refractivity contribution in [1.82, 2.24) is 9.97 Å². The number of esters is 1. The first-order valence-electron chi connectivity index (χ1n) is 8.68. The number of alkyl halides is 3. The van der Waals surface area contributed by atoms with Gasteiger partial charge < -0.3 is 10.5 Å². The molecular weight excluding hydrogens is 371 g/mol. The second-order valence-corrected chi connectivity index (χ2v) is 6.68. The summed E-state index contributed by atoms with van der Waals surface area (Å²) in [6.07, 6.45) is -4.13. The van der Waals surface area contributed by atoms with Gasteiger partial charge in [0.15, 0.2) is 12.4 Å². The van der Waals surface area contributed by atoms with E-state index < -0.39 is 29.5 Å². The molecule has 3 aromatic rings. The Morgan fingerprint density at radius 2 is 1.82 bits per heavy atom. The molecule has 5 nitrogen and oxygen atoms in total. The molecule has 0 unspecified atom stereocenters. The van der Waals surface area contributed by atoms with Gasteiger partial charge in [-0.1, -0.05) is 30.3 Å². The maximum absolute atomic E-state index is 13.2. The third kappa shape index (κ3) is 3.49. The van der Waals surface area contributed by atoms with Crippen molar-refractivity contribution in [2.24, 2.45) is 5.92 Å². The summed E-state index contributed by atoms with van der Waals surface area (Å²) in [7, 11) is 0. The van der Waals surface area contributed by atoms with Crippen LogP contribution in [-0.4, -0.2) is 15.9 Å². The first kappa shape index (κ1) is 18.2. The normalized spacial score (nSPS) is 18.8. The summed E-state index contributed by atoms with van der Waals surface area (Å²) in [6.45, 7) is -0.183. The summed E-state index contributed by atoms with van der Waals surface area (Å²) in [6, 6.07) is 12.5. The smallest absolute Gasteiger partial charge is 0.416 e. The Morgan fingerprint density at radius 3 is 2.61 bits per heavy atom. The molecule has 28 heavy (non-hydrogen) atoms. The average Bonchev–Trinajstić information content (AvgIpc) is 3.46. The van der Waals surface area contributed by atoms with Crippen molar-refractivity contribution in [3.63, 3.8) is 0 Å². The molecule has 2 atom stereocenters. The van der Waals surface area contributed by atoms with E-state index in [2.05, 4.69) is 9.97 Å². The Kier molecular flexibility index (Phi) is 4.41.